The van der Waals surface area contributed by atoms with Crippen molar-refractivity contribution in [1.29, 1.82) is 0 Å². The zero-order chi connectivity index (χ0) is 9.71. The predicted molar refractivity (Wildman–Crippen MR) is 59.6 cm³/mol. The van der Waals surface area contributed by atoms with Gasteiger partial charge in [-0.3, -0.25) is 4.90 Å². The average Bonchev–Trinajstić information content (AvgIpc) is 2.87. The van der Waals surface area contributed by atoms with Crippen molar-refractivity contribution in [2.75, 3.05) is 19.0 Å². The number of alkyl halides is 1. The van der Waals surface area contributed by atoms with Gasteiger partial charge in [-0.15, -0.1) is 11.6 Å². The van der Waals surface area contributed by atoms with Crippen molar-refractivity contribution < 1.29 is 0 Å². The second-order valence-corrected chi connectivity index (χ2v) is 5.93. The van der Waals surface area contributed by atoms with Crippen molar-refractivity contribution in [1.82, 2.24) is 4.90 Å². The molecule has 2 bridgehead atoms. The number of hydrogen-bond donors (Lipinski definition) is 0. The van der Waals surface area contributed by atoms with Crippen LogP contribution >= 0.6 is 11.6 Å². The molecule has 1 saturated heterocycles. The number of rotatable bonds is 2. The first-order valence-electron chi connectivity index (χ1n) is 6.09. The van der Waals surface area contributed by atoms with E-state index in [2.05, 4.69) is 11.8 Å². The van der Waals surface area contributed by atoms with Crippen LogP contribution in [0.4, 0.5) is 0 Å². The van der Waals surface area contributed by atoms with Crippen molar-refractivity contribution in [3.8, 4) is 0 Å². The van der Waals surface area contributed by atoms with Gasteiger partial charge in [0, 0.05) is 25.0 Å². The number of likely N-dealkylation sites (tertiary alicyclic amines) is 1. The summed E-state index contributed by atoms with van der Waals surface area (Å²) in [5.74, 6) is 5.04. The Morgan fingerprint density at radius 1 is 1.21 bits per heavy atom. The lowest BCUT2D eigenvalue weighted by Gasteiger charge is -2.23. The molecule has 14 heavy (non-hydrogen) atoms. The molecule has 3 aliphatic rings. The maximum Gasteiger partial charge on any atom is 0.0376 e. The summed E-state index contributed by atoms with van der Waals surface area (Å²) < 4.78 is 0. The Balaban J connectivity index is 1.70. The second-order valence-electron chi connectivity index (χ2n) is 5.62. The van der Waals surface area contributed by atoms with Gasteiger partial charge in [-0.2, -0.15) is 0 Å². The lowest BCUT2D eigenvalue weighted by molar-refractivity contribution is 0.246. The highest BCUT2D eigenvalue weighted by atomic mass is 35.5. The van der Waals surface area contributed by atoms with Crippen LogP contribution in [0.5, 0.6) is 0 Å². The van der Waals surface area contributed by atoms with E-state index >= 15 is 0 Å². The molecule has 2 heteroatoms. The normalized spacial score (nSPS) is 48.4. The van der Waals surface area contributed by atoms with Gasteiger partial charge in [0.25, 0.3) is 0 Å². The molecule has 0 aromatic carbocycles. The molecule has 80 valence electrons. The SMILES string of the molecule is C[C@@H](CCl)N1C[C@H]2[C@@H]3CC[C@@H](C3)[C@@H]2C1. The molecule has 3 fully saturated rings. The molecule has 2 saturated carbocycles. The van der Waals surface area contributed by atoms with Crippen molar-refractivity contribution in [3.63, 3.8) is 0 Å². The zero-order valence-electron chi connectivity index (χ0n) is 8.95. The van der Waals surface area contributed by atoms with Crippen molar-refractivity contribution in [2.24, 2.45) is 23.7 Å². The summed E-state index contributed by atoms with van der Waals surface area (Å²) in [5.41, 5.74) is 0. The summed E-state index contributed by atoms with van der Waals surface area (Å²) in [5, 5.41) is 0. The minimum atomic E-state index is 0.599. The van der Waals surface area contributed by atoms with Gasteiger partial charge < -0.3 is 0 Å². The highest BCUT2D eigenvalue weighted by molar-refractivity contribution is 6.18. The smallest absolute Gasteiger partial charge is 0.0376 e. The van der Waals surface area contributed by atoms with Crippen LogP contribution in [0.25, 0.3) is 0 Å². The van der Waals surface area contributed by atoms with Crippen molar-refractivity contribution >= 4 is 11.6 Å². The van der Waals surface area contributed by atoms with E-state index in [0.717, 1.165) is 29.6 Å². The second kappa shape index (κ2) is 3.38. The van der Waals surface area contributed by atoms with E-state index in [-0.39, 0.29) is 0 Å². The van der Waals surface area contributed by atoms with Gasteiger partial charge in [-0.05, 0) is 49.9 Å². The Kier molecular flexibility index (Phi) is 2.29. The third-order valence-corrected chi connectivity index (χ3v) is 5.46. The number of hydrogen-bond acceptors (Lipinski definition) is 1. The Hall–Kier alpha value is 0.250. The van der Waals surface area contributed by atoms with Crippen LogP contribution < -0.4 is 0 Å². The van der Waals surface area contributed by atoms with E-state index in [0.29, 0.717) is 6.04 Å². The molecule has 0 N–H and O–H groups in total. The predicted octanol–water partition coefficient (Wildman–Crippen LogP) is 2.59. The maximum absolute atomic E-state index is 5.94. The Morgan fingerprint density at radius 2 is 1.79 bits per heavy atom. The minimum absolute atomic E-state index is 0.599. The fraction of sp³-hybridized carbons (Fsp3) is 1.00. The molecule has 1 aliphatic heterocycles. The molecule has 3 rings (SSSR count). The van der Waals surface area contributed by atoms with E-state index in [1.807, 2.05) is 0 Å². The summed E-state index contributed by atoms with van der Waals surface area (Å²) >= 11 is 5.94. The maximum atomic E-state index is 5.94. The van der Waals surface area contributed by atoms with Crippen LogP contribution in [0, 0.1) is 23.7 Å². The highest BCUT2D eigenvalue weighted by Crippen LogP contribution is 2.55. The Morgan fingerprint density at radius 3 is 2.29 bits per heavy atom. The van der Waals surface area contributed by atoms with Gasteiger partial charge >= 0.3 is 0 Å². The largest absolute Gasteiger partial charge is 0.299 e. The zero-order valence-corrected chi connectivity index (χ0v) is 9.71. The molecular formula is C12H20ClN. The molecule has 1 heterocycles. The molecule has 0 amide bonds. The third kappa shape index (κ3) is 1.25. The van der Waals surface area contributed by atoms with Gasteiger partial charge in [-0.1, -0.05) is 0 Å². The lowest BCUT2D eigenvalue weighted by atomic mass is 9.82. The minimum Gasteiger partial charge on any atom is -0.299 e. The average molecular weight is 214 g/mol. The summed E-state index contributed by atoms with van der Waals surface area (Å²) in [6.45, 7) is 4.97. The van der Waals surface area contributed by atoms with E-state index in [1.165, 1.54) is 25.9 Å². The van der Waals surface area contributed by atoms with Crippen LogP contribution in [-0.2, 0) is 0 Å². The first kappa shape index (κ1) is 9.47. The molecular weight excluding hydrogens is 194 g/mol. The van der Waals surface area contributed by atoms with Crippen LogP contribution in [0.2, 0.25) is 0 Å². The topological polar surface area (TPSA) is 3.24 Å². The first-order valence-corrected chi connectivity index (χ1v) is 6.63. The molecule has 1 nitrogen and oxygen atoms in total. The third-order valence-electron chi connectivity index (χ3n) is 5.01. The standard InChI is InChI=1S/C12H20ClN/c1-8(5-13)14-6-11-9-2-3-10(4-9)12(11)7-14/h8-12H,2-7H2,1H3/t8-,9-,10+,11-,12-/m0/s1. The number of fused-ring (bicyclic) bond motifs is 5. The number of nitrogens with zero attached hydrogens (tertiary/aromatic N) is 1. The van der Waals surface area contributed by atoms with Gasteiger partial charge in [0.15, 0.2) is 0 Å². The first-order chi connectivity index (χ1) is 6.79. The quantitative estimate of drug-likeness (QED) is 0.638. The molecule has 0 radical (unpaired) electrons. The molecule has 0 aromatic rings. The van der Waals surface area contributed by atoms with E-state index in [9.17, 15) is 0 Å². The van der Waals surface area contributed by atoms with Gasteiger partial charge in [-0.25, -0.2) is 0 Å². The summed E-state index contributed by atoms with van der Waals surface area (Å²) in [6.07, 6.45) is 4.60. The Labute approximate surface area is 91.8 Å². The molecule has 5 atom stereocenters. The van der Waals surface area contributed by atoms with Gasteiger partial charge in [0.1, 0.15) is 0 Å². The molecule has 2 aliphatic carbocycles. The van der Waals surface area contributed by atoms with Crippen LogP contribution in [0.3, 0.4) is 0 Å². The summed E-state index contributed by atoms with van der Waals surface area (Å²) in [6, 6.07) is 0.599. The fourth-order valence-corrected chi connectivity index (χ4v) is 4.37. The molecule has 0 unspecified atom stereocenters. The summed E-state index contributed by atoms with van der Waals surface area (Å²) in [7, 11) is 0. The van der Waals surface area contributed by atoms with Crippen LogP contribution in [0.15, 0.2) is 0 Å². The van der Waals surface area contributed by atoms with Crippen LogP contribution in [0.1, 0.15) is 26.2 Å². The monoisotopic (exact) mass is 213 g/mol. The van der Waals surface area contributed by atoms with Crippen LogP contribution in [-0.4, -0.2) is 29.9 Å². The van der Waals surface area contributed by atoms with Gasteiger partial charge in [0.05, 0.1) is 0 Å². The number of halogens is 1. The van der Waals surface area contributed by atoms with Crippen molar-refractivity contribution in [3.05, 3.63) is 0 Å². The van der Waals surface area contributed by atoms with E-state index in [4.69, 9.17) is 11.6 Å². The van der Waals surface area contributed by atoms with E-state index < -0.39 is 0 Å². The molecule has 0 spiro atoms. The van der Waals surface area contributed by atoms with Crippen molar-refractivity contribution in [2.45, 2.75) is 32.2 Å². The molecule has 0 aromatic heterocycles. The fourth-order valence-electron chi connectivity index (χ4n) is 4.17. The lowest BCUT2D eigenvalue weighted by Crippen LogP contribution is -2.33. The highest BCUT2D eigenvalue weighted by Gasteiger charge is 2.51. The van der Waals surface area contributed by atoms with Gasteiger partial charge in [0.2, 0.25) is 0 Å². The Bertz CT molecular complexity index is 212. The van der Waals surface area contributed by atoms with E-state index in [1.54, 1.807) is 6.42 Å². The summed E-state index contributed by atoms with van der Waals surface area (Å²) in [4.78, 5) is 2.63.